The zero-order valence-electron chi connectivity index (χ0n) is 10.3. The first kappa shape index (κ1) is 14.9. The maximum atomic E-state index is 11.9. The summed E-state index contributed by atoms with van der Waals surface area (Å²) in [5, 5.41) is 11.5. The smallest absolute Gasteiger partial charge is 0.335 e. The second-order valence-corrected chi connectivity index (χ2v) is 5.93. The number of carboxylic acids is 1. The highest BCUT2D eigenvalue weighted by Gasteiger charge is 2.23. The van der Waals surface area contributed by atoms with Crippen LogP contribution < -0.4 is 5.32 Å². The summed E-state index contributed by atoms with van der Waals surface area (Å²) in [5.41, 5.74) is 0.450. The fourth-order valence-corrected chi connectivity index (χ4v) is 2.91. The predicted molar refractivity (Wildman–Crippen MR) is 78.8 cm³/mol. The highest BCUT2D eigenvalue weighted by atomic mass is 79.9. The van der Waals surface area contributed by atoms with Gasteiger partial charge >= 0.3 is 5.97 Å². The normalized spacial score (nSPS) is 14.4. The van der Waals surface area contributed by atoms with E-state index in [1.807, 2.05) is 0 Å². The molecule has 2 N–H and O–H groups in total. The Morgan fingerprint density at radius 3 is 2.80 bits per heavy atom. The van der Waals surface area contributed by atoms with E-state index in [0.717, 1.165) is 0 Å². The lowest BCUT2D eigenvalue weighted by Crippen LogP contribution is -2.34. The maximum Gasteiger partial charge on any atom is 0.335 e. The molecule has 20 heavy (non-hydrogen) atoms. The van der Waals surface area contributed by atoms with Crippen molar-refractivity contribution in [1.29, 1.82) is 0 Å². The molecule has 8 heteroatoms. The summed E-state index contributed by atoms with van der Waals surface area (Å²) in [4.78, 5) is 35.6. The topological polar surface area (TPSA) is 86.7 Å². The molecule has 0 bridgehead atoms. The quantitative estimate of drug-likeness (QED) is 0.853. The van der Waals surface area contributed by atoms with E-state index in [9.17, 15) is 14.4 Å². The van der Waals surface area contributed by atoms with Gasteiger partial charge in [-0.1, -0.05) is 0 Å². The Labute approximate surface area is 127 Å². The van der Waals surface area contributed by atoms with Crippen LogP contribution in [0.2, 0.25) is 0 Å². The summed E-state index contributed by atoms with van der Waals surface area (Å²) >= 11 is 4.70. The monoisotopic (exact) mass is 358 g/mol. The van der Waals surface area contributed by atoms with E-state index < -0.39 is 5.97 Å². The number of rotatable bonds is 4. The number of carboxylic acid groups (broad SMARTS) is 1. The van der Waals surface area contributed by atoms with E-state index in [1.165, 1.54) is 28.8 Å². The molecule has 2 amide bonds. The van der Waals surface area contributed by atoms with Crippen LogP contribution in [0, 0.1) is 0 Å². The van der Waals surface area contributed by atoms with Crippen LogP contribution >= 0.6 is 27.7 Å². The Hall–Kier alpha value is -1.54. The summed E-state index contributed by atoms with van der Waals surface area (Å²) in [6.45, 7) is -0.0322. The third-order valence-corrected chi connectivity index (χ3v) is 4.28. The molecule has 1 aromatic rings. The molecule has 6 nitrogen and oxygen atoms in total. The molecule has 0 atom stereocenters. The molecule has 0 spiro atoms. The number of amides is 2. The van der Waals surface area contributed by atoms with Crippen LogP contribution in [0.5, 0.6) is 0 Å². The molecule has 1 fully saturated rings. The fourth-order valence-electron chi connectivity index (χ4n) is 1.66. The van der Waals surface area contributed by atoms with Crippen molar-refractivity contribution in [2.45, 2.75) is 0 Å². The second-order valence-electron chi connectivity index (χ2n) is 4.12. The number of nitrogens with one attached hydrogen (secondary N) is 1. The Bertz CT molecular complexity index is 579. The largest absolute Gasteiger partial charge is 0.478 e. The lowest BCUT2D eigenvalue weighted by molar-refractivity contribution is -0.130. The number of nitrogens with zero attached hydrogens (tertiary/aromatic N) is 1. The van der Waals surface area contributed by atoms with Gasteiger partial charge in [-0.3, -0.25) is 9.59 Å². The van der Waals surface area contributed by atoms with Crippen LogP contribution in [-0.4, -0.2) is 46.0 Å². The molecule has 1 aromatic carbocycles. The van der Waals surface area contributed by atoms with Crippen LogP contribution in [0.3, 0.4) is 0 Å². The Morgan fingerprint density at radius 1 is 1.45 bits per heavy atom. The van der Waals surface area contributed by atoms with Crippen molar-refractivity contribution in [3.05, 3.63) is 28.2 Å². The van der Waals surface area contributed by atoms with E-state index in [4.69, 9.17) is 5.11 Å². The van der Waals surface area contributed by atoms with E-state index in [-0.39, 0.29) is 23.9 Å². The summed E-state index contributed by atoms with van der Waals surface area (Å²) in [7, 11) is 0. The third-order valence-electron chi connectivity index (χ3n) is 2.65. The van der Waals surface area contributed by atoms with Gasteiger partial charge in [0.25, 0.3) is 0 Å². The predicted octanol–water partition coefficient (Wildman–Crippen LogP) is 1.62. The number of halogens is 1. The van der Waals surface area contributed by atoms with Crippen LogP contribution in [-0.2, 0) is 9.59 Å². The van der Waals surface area contributed by atoms with Gasteiger partial charge in [-0.05, 0) is 34.1 Å². The van der Waals surface area contributed by atoms with Crippen molar-refractivity contribution < 1.29 is 19.5 Å². The van der Waals surface area contributed by atoms with Crippen molar-refractivity contribution in [3.63, 3.8) is 0 Å². The number of benzene rings is 1. The maximum absolute atomic E-state index is 11.9. The van der Waals surface area contributed by atoms with Gasteiger partial charge in [0.05, 0.1) is 22.9 Å². The number of carbonyl (C=O) groups excluding carboxylic acids is 2. The molecule has 1 aliphatic rings. The lowest BCUT2D eigenvalue weighted by Gasteiger charge is -2.15. The number of thioether (sulfide) groups is 1. The second kappa shape index (κ2) is 6.27. The van der Waals surface area contributed by atoms with Crippen molar-refractivity contribution in [2.24, 2.45) is 0 Å². The molecule has 0 unspecified atom stereocenters. The molecule has 0 saturated carbocycles. The van der Waals surface area contributed by atoms with Gasteiger partial charge in [0.2, 0.25) is 11.8 Å². The van der Waals surface area contributed by atoms with Gasteiger partial charge in [-0.25, -0.2) is 4.79 Å². The SMILES string of the molecule is O=C(CN1CSCC1=O)Nc1cc(C(=O)O)ccc1Br. The van der Waals surface area contributed by atoms with E-state index in [0.29, 0.717) is 21.8 Å². The van der Waals surface area contributed by atoms with Crippen LogP contribution in [0.25, 0.3) is 0 Å². The van der Waals surface area contributed by atoms with E-state index >= 15 is 0 Å². The van der Waals surface area contributed by atoms with Crippen molar-refractivity contribution in [1.82, 2.24) is 4.90 Å². The molecule has 2 rings (SSSR count). The Kier molecular flexibility index (Phi) is 4.66. The number of hydrogen-bond acceptors (Lipinski definition) is 4. The van der Waals surface area contributed by atoms with Crippen LogP contribution in [0.1, 0.15) is 10.4 Å². The first-order valence-electron chi connectivity index (χ1n) is 5.65. The molecular formula is C12H11BrN2O4S. The van der Waals surface area contributed by atoms with Gasteiger partial charge in [0.1, 0.15) is 6.54 Å². The molecule has 106 valence electrons. The zero-order valence-corrected chi connectivity index (χ0v) is 12.7. The number of anilines is 1. The van der Waals surface area contributed by atoms with Gasteiger partial charge in [-0.15, -0.1) is 11.8 Å². The first-order valence-corrected chi connectivity index (χ1v) is 7.60. The summed E-state index contributed by atoms with van der Waals surface area (Å²) in [6.07, 6.45) is 0. The first-order chi connectivity index (χ1) is 9.47. The van der Waals surface area contributed by atoms with Crippen molar-refractivity contribution in [3.8, 4) is 0 Å². The lowest BCUT2D eigenvalue weighted by atomic mass is 10.2. The summed E-state index contributed by atoms with van der Waals surface area (Å²) in [5.74, 6) is -0.597. The van der Waals surface area contributed by atoms with Crippen molar-refractivity contribution in [2.75, 3.05) is 23.5 Å². The molecule has 1 saturated heterocycles. The molecule has 0 aliphatic carbocycles. The highest BCUT2D eigenvalue weighted by molar-refractivity contribution is 9.10. The average molecular weight is 359 g/mol. The van der Waals surface area contributed by atoms with Crippen molar-refractivity contribution >= 4 is 51.2 Å². The van der Waals surface area contributed by atoms with Crippen LogP contribution in [0.4, 0.5) is 5.69 Å². The zero-order chi connectivity index (χ0) is 14.7. The van der Waals surface area contributed by atoms with Gasteiger partial charge < -0.3 is 15.3 Å². The Balaban J connectivity index is 2.05. The molecule has 0 radical (unpaired) electrons. The molecule has 1 aliphatic heterocycles. The highest BCUT2D eigenvalue weighted by Crippen LogP contribution is 2.24. The number of hydrogen-bond donors (Lipinski definition) is 2. The van der Waals surface area contributed by atoms with Crippen LogP contribution in [0.15, 0.2) is 22.7 Å². The summed E-state index contributed by atoms with van der Waals surface area (Å²) in [6, 6.07) is 4.35. The van der Waals surface area contributed by atoms with E-state index in [2.05, 4.69) is 21.2 Å². The molecule has 0 aromatic heterocycles. The number of carbonyl (C=O) groups is 3. The van der Waals surface area contributed by atoms with Gasteiger partial charge in [0.15, 0.2) is 0 Å². The Morgan fingerprint density at radius 2 is 2.20 bits per heavy atom. The molecule has 1 heterocycles. The third kappa shape index (κ3) is 3.51. The summed E-state index contributed by atoms with van der Waals surface area (Å²) < 4.78 is 0.581. The minimum absolute atomic E-state index is 0.0322. The minimum atomic E-state index is -1.07. The van der Waals surface area contributed by atoms with Gasteiger partial charge in [-0.2, -0.15) is 0 Å². The standard InChI is InChI=1S/C12H11BrN2O4S/c13-8-2-1-7(12(18)19)3-9(8)14-10(16)4-15-6-20-5-11(15)17/h1-3H,4-6H2,(H,14,16)(H,18,19). The number of aromatic carboxylic acids is 1. The molecular weight excluding hydrogens is 348 g/mol. The minimum Gasteiger partial charge on any atom is -0.478 e. The average Bonchev–Trinajstić information content (AvgIpc) is 2.77. The van der Waals surface area contributed by atoms with E-state index in [1.54, 1.807) is 6.07 Å². The fraction of sp³-hybridized carbons (Fsp3) is 0.250. The van der Waals surface area contributed by atoms with Gasteiger partial charge in [0, 0.05) is 4.47 Å².